The van der Waals surface area contributed by atoms with Gasteiger partial charge in [-0.05, 0) is 66.1 Å². The van der Waals surface area contributed by atoms with Gasteiger partial charge in [0.1, 0.15) is 11.5 Å². The monoisotopic (exact) mass is 383 g/mol. The minimum absolute atomic E-state index is 0.194. The second kappa shape index (κ2) is 8.13. The van der Waals surface area contributed by atoms with Crippen LogP contribution in [0, 0.1) is 5.41 Å². The highest BCUT2D eigenvalue weighted by Crippen LogP contribution is 2.48. The topological polar surface area (TPSA) is 67.8 Å². The molecule has 5 heteroatoms. The van der Waals surface area contributed by atoms with E-state index in [-0.39, 0.29) is 11.5 Å². The predicted molar refractivity (Wildman–Crippen MR) is 110 cm³/mol. The third-order valence-electron chi connectivity index (χ3n) is 5.19. The molecule has 0 unspecified atom stereocenters. The summed E-state index contributed by atoms with van der Waals surface area (Å²) in [5.41, 5.74) is 4.05. The zero-order valence-corrected chi connectivity index (χ0v) is 17.0. The van der Waals surface area contributed by atoms with Crippen molar-refractivity contribution in [2.45, 2.75) is 46.6 Å². The fourth-order valence-electron chi connectivity index (χ4n) is 3.92. The van der Waals surface area contributed by atoms with E-state index in [1.54, 1.807) is 0 Å². The second-order valence-corrected chi connectivity index (χ2v) is 7.90. The van der Waals surface area contributed by atoms with E-state index in [2.05, 4.69) is 32.2 Å². The highest BCUT2D eigenvalue weighted by Gasteiger charge is 2.40. The van der Waals surface area contributed by atoms with E-state index in [9.17, 15) is 9.90 Å². The SMILES string of the molecule is CCCOc1ccc(-c2cc3c(cc2OCC)[C@H](NC(=O)O)C(C)(C)C3)cc1. The Balaban J connectivity index is 2.00. The lowest BCUT2D eigenvalue weighted by Crippen LogP contribution is -2.34. The Morgan fingerprint density at radius 3 is 2.50 bits per heavy atom. The number of carboxylic acid groups (broad SMARTS) is 1. The van der Waals surface area contributed by atoms with Crippen LogP contribution in [0.2, 0.25) is 0 Å². The molecule has 0 bridgehead atoms. The molecule has 0 radical (unpaired) electrons. The zero-order chi connectivity index (χ0) is 20.3. The van der Waals surface area contributed by atoms with Crippen molar-refractivity contribution in [1.29, 1.82) is 0 Å². The fraction of sp³-hybridized carbons (Fsp3) is 0.435. The van der Waals surface area contributed by atoms with Crippen LogP contribution in [0.15, 0.2) is 36.4 Å². The lowest BCUT2D eigenvalue weighted by molar-refractivity contribution is 0.175. The van der Waals surface area contributed by atoms with Gasteiger partial charge in [-0.2, -0.15) is 0 Å². The molecule has 1 aliphatic rings. The first-order valence-electron chi connectivity index (χ1n) is 9.88. The van der Waals surface area contributed by atoms with Gasteiger partial charge in [0.2, 0.25) is 0 Å². The van der Waals surface area contributed by atoms with Gasteiger partial charge in [0, 0.05) is 5.56 Å². The van der Waals surface area contributed by atoms with E-state index in [1.165, 1.54) is 0 Å². The zero-order valence-electron chi connectivity index (χ0n) is 17.0. The van der Waals surface area contributed by atoms with Crippen molar-refractivity contribution in [3.05, 3.63) is 47.5 Å². The van der Waals surface area contributed by atoms with Crippen LogP contribution in [-0.4, -0.2) is 24.4 Å². The van der Waals surface area contributed by atoms with Crippen molar-refractivity contribution in [1.82, 2.24) is 5.32 Å². The van der Waals surface area contributed by atoms with Crippen LogP contribution in [0.1, 0.15) is 51.3 Å². The van der Waals surface area contributed by atoms with E-state index in [0.717, 1.165) is 46.6 Å². The lowest BCUT2D eigenvalue weighted by Gasteiger charge is -2.27. The number of nitrogens with one attached hydrogen (secondary N) is 1. The van der Waals surface area contributed by atoms with Gasteiger partial charge < -0.3 is 19.9 Å². The summed E-state index contributed by atoms with van der Waals surface area (Å²) >= 11 is 0. The number of rotatable bonds is 7. The van der Waals surface area contributed by atoms with Crippen molar-refractivity contribution in [3.8, 4) is 22.6 Å². The summed E-state index contributed by atoms with van der Waals surface area (Å²) in [5.74, 6) is 1.63. The molecule has 1 atom stereocenters. The maximum absolute atomic E-state index is 11.3. The standard InChI is InChI=1S/C23H29NO4/c1-5-11-28-17-9-7-15(8-10-17)18-12-16-14-23(3,4)21(24-22(25)26)19(16)13-20(18)27-6-2/h7-10,12-13,21,24H,5-6,11,14H2,1-4H3,(H,25,26)/t21-/m0/s1. The van der Waals surface area contributed by atoms with Crippen LogP contribution in [0.4, 0.5) is 4.79 Å². The first kappa shape index (κ1) is 20.1. The molecular weight excluding hydrogens is 354 g/mol. The molecular formula is C23H29NO4. The average molecular weight is 383 g/mol. The van der Waals surface area contributed by atoms with Gasteiger partial charge in [-0.15, -0.1) is 0 Å². The minimum atomic E-state index is -1.00. The van der Waals surface area contributed by atoms with Gasteiger partial charge in [0.15, 0.2) is 0 Å². The van der Waals surface area contributed by atoms with Gasteiger partial charge in [-0.3, -0.25) is 0 Å². The molecule has 0 spiro atoms. The molecule has 0 saturated carbocycles. The number of carbonyl (C=O) groups is 1. The Kier molecular flexibility index (Phi) is 5.82. The van der Waals surface area contributed by atoms with Gasteiger partial charge in [-0.25, -0.2) is 4.79 Å². The highest BCUT2D eigenvalue weighted by atomic mass is 16.5. The smallest absolute Gasteiger partial charge is 0.405 e. The predicted octanol–water partition coefficient (Wildman–Crippen LogP) is 5.43. The molecule has 150 valence electrons. The van der Waals surface area contributed by atoms with Crippen LogP contribution in [0.5, 0.6) is 11.5 Å². The van der Waals surface area contributed by atoms with Crippen molar-refractivity contribution in [3.63, 3.8) is 0 Å². The Morgan fingerprint density at radius 1 is 1.18 bits per heavy atom. The Bertz CT molecular complexity index is 842. The van der Waals surface area contributed by atoms with Crippen LogP contribution in [-0.2, 0) is 6.42 Å². The normalized spacial score (nSPS) is 17.1. The number of ether oxygens (including phenoxy) is 2. The summed E-state index contributed by atoms with van der Waals surface area (Å²) in [4.78, 5) is 11.3. The van der Waals surface area contributed by atoms with Crippen LogP contribution < -0.4 is 14.8 Å². The van der Waals surface area contributed by atoms with Crippen LogP contribution in [0.3, 0.4) is 0 Å². The minimum Gasteiger partial charge on any atom is -0.494 e. The van der Waals surface area contributed by atoms with E-state index in [1.807, 2.05) is 37.3 Å². The molecule has 0 heterocycles. The Labute approximate surface area is 166 Å². The summed E-state index contributed by atoms with van der Waals surface area (Å²) in [6.45, 7) is 9.47. The molecule has 0 saturated heterocycles. The number of hydrogen-bond donors (Lipinski definition) is 2. The van der Waals surface area contributed by atoms with Gasteiger partial charge in [-0.1, -0.05) is 32.9 Å². The molecule has 1 amide bonds. The third kappa shape index (κ3) is 4.08. The van der Waals surface area contributed by atoms with Crippen molar-refractivity contribution in [2.24, 2.45) is 5.41 Å². The van der Waals surface area contributed by atoms with E-state index in [0.29, 0.717) is 13.2 Å². The third-order valence-corrected chi connectivity index (χ3v) is 5.19. The molecule has 0 fully saturated rings. The van der Waals surface area contributed by atoms with Crippen molar-refractivity contribution < 1.29 is 19.4 Å². The largest absolute Gasteiger partial charge is 0.494 e. The Hall–Kier alpha value is -2.69. The number of hydrogen-bond acceptors (Lipinski definition) is 3. The molecule has 3 rings (SSSR count). The lowest BCUT2D eigenvalue weighted by atomic mass is 9.85. The molecule has 28 heavy (non-hydrogen) atoms. The first-order chi connectivity index (χ1) is 13.4. The quantitative estimate of drug-likeness (QED) is 0.669. The molecule has 2 aromatic carbocycles. The molecule has 5 nitrogen and oxygen atoms in total. The second-order valence-electron chi connectivity index (χ2n) is 7.90. The summed E-state index contributed by atoms with van der Waals surface area (Å²) in [5, 5.41) is 12.0. The number of amides is 1. The molecule has 2 aromatic rings. The number of fused-ring (bicyclic) bond motifs is 1. The summed E-state index contributed by atoms with van der Waals surface area (Å²) in [6.07, 6.45) is 0.780. The molecule has 0 aliphatic heterocycles. The maximum Gasteiger partial charge on any atom is 0.405 e. The van der Waals surface area contributed by atoms with E-state index < -0.39 is 6.09 Å². The Morgan fingerprint density at radius 2 is 1.89 bits per heavy atom. The van der Waals surface area contributed by atoms with Gasteiger partial charge in [0.25, 0.3) is 0 Å². The van der Waals surface area contributed by atoms with Gasteiger partial charge in [0.05, 0.1) is 19.3 Å². The first-order valence-corrected chi connectivity index (χ1v) is 9.88. The van der Waals surface area contributed by atoms with Crippen molar-refractivity contribution >= 4 is 6.09 Å². The van der Waals surface area contributed by atoms with E-state index >= 15 is 0 Å². The molecule has 2 N–H and O–H groups in total. The highest BCUT2D eigenvalue weighted by molar-refractivity contribution is 5.74. The molecule has 1 aliphatic carbocycles. The average Bonchev–Trinajstić information content (AvgIpc) is 2.89. The van der Waals surface area contributed by atoms with Crippen LogP contribution >= 0.6 is 0 Å². The fourth-order valence-corrected chi connectivity index (χ4v) is 3.92. The summed E-state index contributed by atoms with van der Waals surface area (Å²) in [7, 11) is 0. The van der Waals surface area contributed by atoms with Crippen molar-refractivity contribution in [2.75, 3.05) is 13.2 Å². The summed E-state index contributed by atoms with van der Waals surface area (Å²) < 4.78 is 11.6. The maximum atomic E-state index is 11.3. The van der Waals surface area contributed by atoms with E-state index in [4.69, 9.17) is 9.47 Å². The summed E-state index contributed by atoms with van der Waals surface area (Å²) in [6, 6.07) is 11.9. The van der Waals surface area contributed by atoms with Crippen LogP contribution in [0.25, 0.3) is 11.1 Å². The van der Waals surface area contributed by atoms with Gasteiger partial charge >= 0.3 is 6.09 Å². The molecule has 0 aromatic heterocycles. The number of benzene rings is 2.